The third kappa shape index (κ3) is 2.33. The smallest absolute Gasteiger partial charge is 0.225 e. The zero-order valence-electron chi connectivity index (χ0n) is 12.2. The quantitative estimate of drug-likeness (QED) is 0.920. The molecule has 1 saturated heterocycles. The van der Waals surface area contributed by atoms with Gasteiger partial charge in [-0.25, -0.2) is 4.98 Å². The van der Waals surface area contributed by atoms with Gasteiger partial charge in [-0.05, 0) is 37.8 Å². The molecule has 1 N–H and O–H groups in total. The molecule has 110 valence electrons. The Hall–Kier alpha value is -1.84. The van der Waals surface area contributed by atoms with Crippen LogP contribution in [0.4, 0.5) is 0 Å². The summed E-state index contributed by atoms with van der Waals surface area (Å²) in [5.74, 6) is 2.08. The molecular weight excluding hydrogens is 262 g/mol. The molecule has 1 amide bonds. The predicted molar refractivity (Wildman–Crippen MR) is 82.0 cm³/mol. The minimum absolute atomic E-state index is 0.305. The Labute approximate surface area is 124 Å². The zero-order chi connectivity index (χ0) is 14.2. The van der Waals surface area contributed by atoms with Gasteiger partial charge in [-0.1, -0.05) is 18.6 Å². The Balaban J connectivity index is 1.53. The summed E-state index contributed by atoms with van der Waals surface area (Å²) in [6.45, 7) is 1.75. The molecule has 0 radical (unpaired) electrons. The van der Waals surface area contributed by atoms with Crippen LogP contribution in [0.25, 0.3) is 11.0 Å². The summed E-state index contributed by atoms with van der Waals surface area (Å²) in [4.78, 5) is 22.6. The fourth-order valence-corrected chi connectivity index (χ4v) is 3.48. The zero-order valence-corrected chi connectivity index (χ0v) is 12.2. The average molecular weight is 283 g/mol. The second-order valence-corrected chi connectivity index (χ2v) is 6.39. The van der Waals surface area contributed by atoms with Gasteiger partial charge in [-0.2, -0.15) is 0 Å². The fourth-order valence-electron chi connectivity index (χ4n) is 3.48. The van der Waals surface area contributed by atoms with Crippen molar-refractivity contribution in [2.45, 2.75) is 38.0 Å². The number of piperidine rings is 1. The molecule has 2 fully saturated rings. The molecule has 1 aromatic carbocycles. The second kappa shape index (κ2) is 5.17. The lowest BCUT2D eigenvalue weighted by molar-refractivity contribution is -0.139. The van der Waals surface area contributed by atoms with Gasteiger partial charge in [-0.15, -0.1) is 0 Å². The number of fused-ring (bicyclic) bond motifs is 1. The van der Waals surface area contributed by atoms with Crippen molar-refractivity contribution >= 4 is 16.9 Å². The Kier molecular flexibility index (Phi) is 3.17. The van der Waals surface area contributed by atoms with Crippen molar-refractivity contribution in [3.8, 4) is 0 Å². The maximum Gasteiger partial charge on any atom is 0.225 e. The molecule has 1 aliphatic heterocycles. The van der Waals surface area contributed by atoms with Gasteiger partial charge in [0, 0.05) is 24.9 Å². The largest absolute Gasteiger partial charge is 0.342 e. The molecule has 1 aromatic heterocycles. The number of para-hydroxylation sites is 2. The van der Waals surface area contributed by atoms with Gasteiger partial charge in [0.1, 0.15) is 5.82 Å². The van der Waals surface area contributed by atoms with Gasteiger partial charge in [0.2, 0.25) is 5.91 Å². The molecule has 2 aromatic rings. The molecule has 0 spiro atoms. The highest BCUT2D eigenvalue weighted by atomic mass is 16.2. The first-order chi connectivity index (χ1) is 10.3. The number of amides is 1. The second-order valence-electron chi connectivity index (χ2n) is 6.39. The monoisotopic (exact) mass is 283 g/mol. The number of imidazole rings is 1. The first kappa shape index (κ1) is 12.9. The molecule has 4 nitrogen and oxygen atoms in total. The molecule has 0 bridgehead atoms. The first-order valence-corrected chi connectivity index (χ1v) is 8.05. The molecule has 21 heavy (non-hydrogen) atoms. The lowest BCUT2D eigenvalue weighted by atomic mass is 9.83. The van der Waals surface area contributed by atoms with Crippen LogP contribution in [0, 0.1) is 5.92 Å². The number of benzene rings is 1. The van der Waals surface area contributed by atoms with Crippen LogP contribution >= 0.6 is 0 Å². The summed E-state index contributed by atoms with van der Waals surface area (Å²) in [6.07, 6.45) is 5.60. The van der Waals surface area contributed by atoms with Gasteiger partial charge >= 0.3 is 0 Å². The topological polar surface area (TPSA) is 49.0 Å². The number of carbonyl (C=O) groups excluding carboxylic acids is 1. The number of carbonyl (C=O) groups is 1. The summed E-state index contributed by atoms with van der Waals surface area (Å²) >= 11 is 0. The van der Waals surface area contributed by atoms with Crippen LogP contribution in [0.2, 0.25) is 0 Å². The van der Waals surface area contributed by atoms with E-state index in [0.29, 0.717) is 17.7 Å². The number of aromatic amines is 1. The average Bonchev–Trinajstić information content (AvgIpc) is 2.89. The van der Waals surface area contributed by atoms with Crippen LogP contribution in [0.1, 0.15) is 43.8 Å². The van der Waals surface area contributed by atoms with Gasteiger partial charge in [-0.3, -0.25) is 4.79 Å². The number of aromatic nitrogens is 2. The van der Waals surface area contributed by atoms with E-state index >= 15 is 0 Å². The van der Waals surface area contributed by atoms with Gasteiger partial charge in [0.05, 0.1) is 11.0 Å². The van der Waals surface area contributed by atoms with Crippen molar-refractivity contribution in [3.05, 3.63) is 30.1 Å². The van der Waals surface area contributed by atoms with Crippen molar-refractivity contribution in [1.29, 1.82) is 0 Å². The summed E-state index contributed by atoms with van der Waals surface area (Å²) in [5, 5.41) is 0. The summed E-state index contributed by atoms with van der Waals surface area (Å²) in [6, 6.07) is 8.14. The minimum Gasteiger partial charge on any atom is -0.342 e. The van der Waals surface area contributed by atoms with Crippen molar-refractivity contribution in [1.82, 2.24) is 14.9 Å². The fraction of sp³-hybridized carbons (Fsp3) is 0.529. The van der Waals surface area contributed by atoms with E-state index < -0.39 is 0 Å². The van der Waals surface area contributed by atoms with E-state index in [1.54, 1.807) is 0 Å². The molecule has 1 atom stereocenters. The van der Waals surface area contributed by atoms with Crippen LogP contribution < -0.4 is 0 Å². The molecule has 1 aliphatic carbocycles. The SMILES string of the molecule is O=C(C1CCC1)N1CCC[C@@H](c2nc3ccccc3[nH]2)C1. The highest BCUT2D eigenvalue weighted by molar-refractivity contribution is 5.80. The van der Waals surface area contributed by atoms with E-state index in [4.69, 9.17) is 4.98 Å². The van der Waals surface area contributed by atoms with Crippen LogP contribution in [0.15, 0.2) is 24.3 Å². The minimum atomic E-state index is 0.305. The molecule has 2 heterocycles. The third-order valence-corrected chi connectivity index (χ3v) is 4.98. The molecule has 0 unspecified atom stereocenters. The highest BCUT2D eigenvalue weighted by Gasteiger charge is 2.33. The predicted octanol–water partition coefficient (Wildman–Crippen LogP) is 3.07. The number of H-pyrrole nitrogens is 1. The molecule has 2 aliphatic rings. The molecule has 4 heteroatoms. The van der Waals surface area contributed by atoms with E-state index in [1.807, 2.05) is 18.2 Å². The number of nitrogens with one attached hydrogen (secondary N) is 1. The van der Waals surface area contributed by atoms with E-state index in [0.717, 1.165) is 55.6 Å². The first-order valence-electron chi connectivity index (χ1n) is 8.05. The Morgan fingerprint density at radius 2 is 2.05 bits per heavy atom. The van der Waals surface area contributed by atoms with Crippen molar-refractivity contribution in [3.63, 3.8) is 0 Å². The van der Waals surface area contributed by atoms with E-state index in [9.17, 15) is 4.79 Å². The summed E-state index contributed by atoms with van der Waals surface area (Å²) in [5.41, 5.74) is 2.12. The Morgan fingerprint density at radius 3 is 2.81 bits per heavy atom. The molecule has 1 saturated carbocycles. The number of hydrogen-bond acceptors (Lipinski definition) is 2. The lowest BCUT2D eigenvalue weighted by Crippen LogP contribution is -2.44. The number of nitrogens with zero attached hydrogens (tertiary/aromatic N) is 2. The Bertz CT molecular complexity index is 626. The normalized spacial score (nSPS) is 23.2. The molecular formula is C17H21N3O. The molecule has 4 rings (SSSR count). The van der Waals surface area contributed by atoms with Gasteiger partial charge < -0.3 is 9.88 Å². The number of likely N-dealkylation sites (tertiary alicyclic amines) is 1. The van der Waals surface area contributed by atoms with Crippen LogP contribution in [0.5, 0.6) is 0 Å². The lowest BCUT2D eigenvalue weighted by Gasteiger charge is -2.36. The van der Waals surface area contributed by atoms with Crippen molar-refractivity contribution < 1.29 is 4.79 Å². The van der Waals surface area contributed by atoms with Crippen molar-refractivity contribution in [2.24, 2.45) is 5.92 Å². The van der Waals surface area contributed by atoms with Crippen LogP contribution in [0.3, 0.4) is 0 Å². The number of hydrogen-bond donors (Lipinski definition) is 1. The van der Waals surface area contributed by atoms with Crippen LogP contribution in [-0.4, -0.2) is 33.9 Å². The highest BCUT2D eigenvalue weighted by Crippen LogP contribution is 2.32. The summed E-state index contributed by atoms with van der Waals surface area (Å²) in [7, 11) is 0. The van der Waals surface area contributed by atoms with Crippen molar-refractivity contribution in [2.75, 3.05) is 13.1 Å². The maximum atomic E-state index is 12.4. The number of rotatable bonds is 2. The van der Waals surface area contributed by atoms with Gasteiger partial charge in [0.15, 0.2) is 0 Å². The third-order valence-electron chi connectivity index (χ3n) is 4.98. The van der Waals surface area contributed by atoms with E-state index in [1.165, 1.54) is 6.42 Å². The summed E-state index contributed by atoms with van der Waals surface area (Å²) < 4.78 is 0. The maximum absolute atomic E-state index is 12.4. The van der Waals surface area contributed by atoms with E-state index in [-0.39, 0.29) is 0 Å². The van der Waals surface area contributed by atoms with Crippen LogP contribution in [-0.2, 0) is 4.79 Å². The Morgan fingerprint density at radius 1 is 1.19 bits per heavy atom. The standard InChI is InChI=1S/C17H21N3O/c21-17(12-5-3-6-12)20-10-4-7-13(11-20)16-18-14-8-1-2-9-15(14)19-16/h1-2,8-9,12-13H,3-7,10-11H2,(H,18,19)/t13-/m1/s1. The van der Waals surface area contributed by atoms with Gasteiger partial charge in [0.25, 0.3) is 0 Å². The van der Waals surface area contributed by atoms with E-state index in [2.05, 4.69) is 16.0 Å².